The van der Waals surface area contributed by atoms with Gasteiger partial charge in [-0.05, 0) is 47.2 Å². The number of hydrogen-bond donors (Lipinski definition) is 1. The molecule has 126 valence electrons. The molecule has 0 radical (unpaired) electrons. The Labute approximate surface area is 136 Å². The van der Waals surface area contributed by atoms with Crippen LogP contribution in [0, 0.1) is 0 Å². The summed E-state index contributed by atoms with van der Waals surface area (Å²) in [6.45, 7) is 0. The molecule has 4 nitrogen and oxygen atoms in total. The van der Waals surface area contributed by atoms with E-state index in [0.717, 1.165) is 16.7 Å². The molecule has 7 heteroatoms. The van der Waals surface area contributed by atoms with Crippen LogP contribution in [-0.4, -0.2) is 12.5 Å². The number of aryl methyl sites for hydroxylation is 1. The zero-order valence-corrected chi connectivity index (χ0v) is 12.5. The standard InChI is InChI=1S/C17H14F3NO3/c18-17(19,20)24-13-3-1-2-10(9-13)11-4-6-14-12(8-11)5-7-15(14)23-16(21)22/h1-4,6,8-9,15H,5,7H2,(H2,21,22). The Hall–Kier alpha value is -2.70. The molecule has 0 heterocycles. The third-order valence-electron chi connectivity index (χ3n) is 3.83. The molecule has 1 aliphatic carbocycles. The van der Waals surface area contributed by atoms with Crippen LogP contribution in [0.2, 0.25) is 0 Å². The molecule has 2 N–H and O–H groups in total. The van der Waals surface area contributed by atoms with Crippen LogP contribution < -0.4 is 10.5 Å². The first-order valence-corrected chi connectivity index (χ1v) is 7.27. The fourth-order valence-corrected chi connectivity index (χ4v) is 2.89. The smallest absolute Gasteiger partial charge is 0.441 e. The minimum atomic E-state index is -4.73. The summed E-state index contributed by atoms with van der Waals surface area (Å²) in [4.78, 5) is 10.9. The molecule has 1 amide bonds. The van der Waals surface area contributed by atoms with Crippen molar-refractivity contribution in [1.29, 1.82) is 0 Å². The quantitative estimate of drug-likeness (QED) is 0.906. The summed E-state index contributed by atoms with van der Waals surface area (Å²) < 4.78 is 46.0. The highest BCUT2D eigenvalue weighted by Crippen LogP contribution is 2.37. The first-order chi connectivity index (χ1) is 11.3. The summed E-state index contributed by atoms with van der Waals surface area (Å²) in [6.07, 6.45) is -4.57. The van der Waals surface area contributed by atoms with Crippen LogP contribution in [0.3, 0.4) is 0 Å². The lowest BCUT2D eigenvalue weighted by atomic mass is 10.00. The molecule has 2 aromatic carbocycles. The van der Waals surface area contributed by atoms with Crippen molar-refractivity contribution < 1.29 is 27.4 Å². The van der Waals surface area contributed by atoms with E-state index < -0.39 is 12.5 Å². The maximum Gasteiger partial charge on any atom is 0.573 e. The van der Waals surface area contributed by atoms with Gasteiger partial charge in [0, 0.05) is 0 Å². The molecule has 1 unspecified atom stereocenters. The summed E-state index contributed by atoms with van der Waals surface area (Å²) in [5.41, 5.74) is 8.29. The minimum absolute atomic E-state index is 0.268. The Kier molecular flexibility index (Phi) is 4.09. The monoisotopic (exact) mass is 337 g/mol. The number of alkyl halides is 3. The molecule has 0 fully saturated rings. The number of carbonyl (C=O) groups excluding carboxylic acids is 1. The fraction of sp³-hybridized carbons (Fsp3) is 0.235. The largest absolute Gasteiger partial charge is 0.573 e. The predicted octanol–water partition coefficient (Wildman–Crippen LogP) is 4.33. The Morgan fingerprint density at radius 3 is 2.58 bits per heavy atom. The first kappa shape index (κ1) is 16.2. The maximum atomic E-state index is 12.3. The summed E-state index contributed by atoms with van der Waals surface area (Å²) >= 11 is 0. The van der Waals surface area contributed by atoms with E-state index >= 15 is 0 Å². The third kappa shape index (κ3) is 3.61. The number of carbonyl (C=O) groups is 1. The van der Waals surface area contributed by atoms with Gasteiger partial charge >= 0.3 is 12.5 Å². The van der Waals surface area contributed by atoms with Crippen molar-refractivity contribution in [2.24, 2.45) is 5.73 Å². The van der Waals surface area contributed by atoms with Crippen molar-refractivity contribution >= 4 is 6.09 Å². The molecule has 0 aromatic heterocycles. The number of rotatable bonds is 3. The number of ether oxygens (including phenoxy) is 2. The molecule has 24 heavy (non-hydrogen) atoms. The van der Waals surface area contributed by atoms with Crippen molar-refractivity contribution in [3.05, 3.63) is 53.6 Å². The first-order valence-electron chi connectivity index (χ1n) is 7.27. The van der Waals surface area contributed by atoms with E-state index in [2.05, 4.69) is 4.74 Å². The zero-order valence-electron chi connectivity index (χ0n) is 12.5. The molecule has 1 aliphatic rings. The lowest BCUT2D eigenvalue weighted by Crippen LogP contribution is -2.17. The van der Waals surface area contributed by atoms with Gasteiger partial charge in [-0.2, -0.15) is 0 Å². The molecule has 0 bridgehead atoms. The van der Waals surface area contributed by atoms with Gasteiger partial charge in [-0.15, -0.1) is 13.2 Å². The molecular formula is C17H14F3NO3. The third-order valence-corrected chi connectivity index (χ3v) is 3.83. The molecule has 0 spiro atoms. The number of hydrogen-bond acceptors (Lipinski definition) is 3. The van der Waals surface area contributed by atoms with Gasteiger partial charge in [-0.1, -0.05) is 30.3 Å². The fourth-order valence-electron chi connectivity index (χ4n) is 2.89. The van der Waals surface area contributed by atoms with Gasteiger partial charge in [-0.3, -0.25) is 0 Å². The molecule has 3 rings (SSSR count). The average molecular weight is 337 g/mol. The minimum Gasteiger partial charge on any atom is -0.441 e. The van der Waals surface area contributed by atoms with Crippen LogP contribution in [0.1, 0.15) is 23.7 Å². The van der Waals surface area contributed by atoms with Crippen molar-refractivity contribution in [2.45, 2.75) is 25.3 Å². The Balaban J connectivity index is 1.87. The summed E-state index contributed by atoms with van der Waals surface area (Å²) in [7, 11) is 0. The second-order valence-electron chi connectivity index (χ2n) is 5.45. The van der Waals surface area contributed by atoms with Crippen molar-refractivity contribution in [2.75, 3.05) is 0 Å². The van der Waals surface area contributed by atoms with Gasteiger partial charge in [-0.25, -0.2) is 4.79 Å². The van der Waals surface area contributed by atoms with E-state index in [1.807, 2.05) is 12.1 Å². The lowest BCUT2D eigenvalue weighted by Gasteiger charge is -2.13. The van der Waals surface area contributed by atoms with Crippen LogP contribution in [0.5, 0.6) is 5.75 Å². The number of nitrogens with two attached hydrogens (primary N) is 1. The van der Waals surface area contributed by atoms with Crippen LogP contribution in [-0.2, 0) is 11.2 Å². The van der Waals surface area contributed by atoms with Crippen LogP contribution in [0.15, 0.2) is 42.5 Å². The van der Waals surface area contributed by atoms with E-state index in [4.69, 9.17) is 10.5 Å². The van der Waals surface area contributed by atoms with Crippen LogP contribution >= 0.6 is 0 Å². The Morgan fingerprint density at radius 1 is 1.12 bits per heavy atom. The second-order valence-corrected chi connectivity index (χ2v) is 5.45. The number of primary amides is 1. The van der Waals surface area contributed by atoms with E-state index in [9.17, 15) is 18.0 Å². The normalized spacial score (nSPS) is 16.5. The highest BCUT2D eigenvalue weighted by Gasteiger charge is 2.31. The SMILES string of the molecule is NC(=O)OC1CCc2cc(-c3cccc(OC(F)(F)F)c3)ccc21. The van der Waals surface area contributed by atoms with Gasteiger partial charge in [0.25, 0.3) is 0 Å². The topological polar surface area (TPSA) is 61.6 Å². The molecular weight excluding hydrogens is 323 g/mol. The Bertz CT molecular complexity index is 774. The summed E-state index contributed by atoms with van der Waals surface area (Å²) in [5, 5.41) is 0. The van der Waals surface area contributed by atoms with Gasteiger partial charge < -0.3 is 15.2 Å². The summed E-state index contributed by atoms with van der Waals surface area (Å²) in [6, 6.07) is 11.3. The van der Waals surface area contributed by atoms with Gasteiger partial charge in [0.05, 0.1) is 0 Å². The van der Waals surface area contributed by atoms with E-state index in [0.29, 0.717) is 18.4 Å². The lowest BCUT2D eigenvalue weighted by molar-refractivity contribution is -0.274. The van der Waals surface area contributed by atoms with Gasteiger partial charge in [0.15, 0.2) is 0 Å². The highest BCUT2D eigenvalue weighted by molar-refractivity contribution is 5.68. The van der Waals surface area contributed by atoms with Gasteiger partial charge in [0.2, 0.25) is 0 Å². The molecule has 0 saturated carbocycles. The molecule has 0 saturated heterocycles. The number of fused-ring (bicyclic) bond motifs is 1. The number of amides is 1. The number of benzene rings is 2. The van der Waals surface area contributed by atoms with E-state index in [1.54, 1.807) is 12.1 Å². The zero-order chi connectivity index (χ0) is 17.3. The van der Waals surface area contributed by atoms with Crippen molar-refractivity contribution in [3.63, 3.8) is 0 Å². The van der Waals surface area contributed by atoms with Crippen LogP contribution in [0.4, 0.5) is 18.0 Å². The second kappa shape index (κ2) is 6.07. The molecule has 0 aliphatic heterocycles. The average Bonchev–Trinajstić information content (AvgIpc) is 2.87. The Morgan fingerprint density at radius 2 is 1.88 bits per heavy atom. The van der Waals surface area contributed by atoms with Crippen LogP contribution in [0.25, 0.3) is 11.1 Å². The van der Waals surface area contributed by atoms with E-state index in [-0.39, 0.29) is 11.9 Å². The van der Waals surface area contributed by atoms with Crippen molar-refractivity contribution in [1.82, 2.24) is 0 Å². The van der Waals surface area contributed by atoms with Crippen molar-refractivity contribution in [3.8, 4) is 16.9 Å². The molecule has 1 atom stereocenters. The van der Waals surface area contributed by atoms with E-state index in [1.165, 1.54) is 18.2 Å². The van der Waals surface area contributed by atoms with Gasteiger partial charge in [0.1, 0.15) is 11.9 Å². The predicted molar refractivity (Wildman–Crippen MR) is 80.3 cm³/mol. The highest BCUT2D eigenvalue weighted by atomic mass is 19.4. The maximum absolute atomic E-state index is 12.3. The molecule has 2 aromatic rings. The summed E-state index contributed by atoms with van der Waals surface area (Å²) in [5.74, 6) is -0.268. The number of halogens is 3.